The van der Waals surface area contributed by atoms with E-state index in [2.05, 4.69) is 30.4 Å². The van der Waals surface area contributed by atoms with Crippen LogP contribution in [0.15, 0.2) is 59.7 Å². The van der Waals surface area contributed by atoms with Gasteiger partial charge < -0.3 is 14.5 Å². The van der Waals surface area contributed by atoms with Crippen molar-refractivity contribution in [2.24, 2.45) is 5.10 Å². The minimum Gasteiger partial charge on any atom is -0.495 e. The zero-order valence-corrected chi connectivity index (χ0v) is 20.1. The Morgan fingerprint density at radius 1 is 0.909 bits per heavy atom. The van der Waals surface area contributed by atoms with Crippen LogP contribution in [-0.2, 0) is 3.79 Å². The minimum absolute atomic E-state index is 0.0297. The number of aromatic nitrogens is 3. The van der Waals surface area contributed by atoms with Gasteiger partial charge in [-0.25, -0.2) is 5.43 Å². The van der Waals surface area contributed by atoms with Crippen molar-refractivity contribution in [3.05, 3.63) is 66.0 Å². The van der Waals surface area contributed by atoms with Gasteiger partial charge in [-0.2, -0.15) is 20.1 Å². The van der Waals surface area contributed by atoms with Gasteiger partial charge in [0.25, 0.3) is 0 Å². The molecule has 0 saturated carbocycles. The van der Waals surface area contributed by atoms with Gasteiger partial charge in [0.15, 0.2) is 5.82 Å². The Morgan fingerprint density at radius 3 is 2.27 bits per heavy atom. The SMILES string of the molecule is COc1ccccc1N1CCN(c2nc(N/N=C/c3ccccc3)nc(C(Cl)(Cl)Cl)n2)CC1. The standard InChI is InChI=1S/C22H22Cl3N7O/c1-33-18-10-6-5-9-17(18)31-11-13-32(14-12-31)21-28-19(22(23,24)25)27-20(29-21)30-26-15-16-7-3-2-4-8-16/h2-10,15H,11-14H2,1H3,(H,27,28,29,30)/b26-15+. The summed E-state index contributed by atoms with van der Waals surface area (Å²) in [7, 11) is 1.67. The predicted molar refractivity (Wildman–Crippen MR) is 134 cm³/mol. The molecule has 1 aromatic heterocycles. The van der Waals surface area contributed by atoms with Crippen LogP contribution in [0.25, 0.3) is 0 Å². The van der Waals surface area contributed by atoms with Crippen LogP contribution in [0.3, 0.4) is 0 Å². The van der Waals surface area contributed by atoms with Gasteiger partial charge in [-0.3, -0.25) is 0 Å². The third-order valence-corrected chi connectivity index (χ3v) is 5.55. The molecule has 1 fully saturated rings. The van der Waals surface area contributed by atoms with Gasteiger partial charge in [0.05, 0.1) is 19.0 Å². The van der Waals surface area contributed by atoms with Gasteiger partial charge in [0, 0.05) is 26.2 Å². The summed E-state index contributed by atoms with van der Waals surface area (Å²) >= 11 is 18.2. The third-order valence-electron chi connectivity index (χ3n) is 5.04. The molecule has 11 heteroatoms. The topological polar surface area (TPSA) is 78.8 Å². The van der Waals surface area contributed by atoms with Crippen LogP contribution < -0.4 is 20.0 Å². The van der Waals surface area contributed by atoms with E-state index in [1.54, 1.807) is 13.3 Å². The van der Waals surface area contributed by atoms with Crippen LogP contribution in [0.1, 0.15) is 11.4 Å². The van der Waals surface area contributed by atoms with Crippen molar-refractivity contribution in [2.75, 3.05) is 48.5 Å². The van der Waals surface area contributed by atoms with E-state index in [1.165, 1.54) is 0 Å². The van der Waals surface area contributed by atoms with Crippen LogP contribution >= 0.6 is 34.8 Å². The number of rotatable bonds is 6. The molecule has 8 nitrogen and oxygen atoms in total. The minimum atomic E-state index is -1.80. The molecule has 0 amide bonds. The van der Waals surface area contributed by atoms with Crippen molar-refractivity contribution in [2.45, 2.75) is 3.79 Å². The summed E-state index contributed by atoms with van der Waals surface area (Å²) in [5.41, 5.74) is 4.79. The van der Waals surface area contributed by atoms with Crippen molar-refractivity contribution < 1.29 is 4.74 Å². The number of hydrogen-bond acceptors (Lipinski definition) is 8. The number of benzene rings is 2. The van der Waals surface area contributed by atoms with E-state index in [4.69, 9.17) is 39.5 Å². The van der Waals surface area contributed by atoms with Gasteiger partial charge in [-0.05, 0) is 17.7 Å². The maximum Gasteiger partial charge on any atom is 0.250 e. The van der Waals surface area contributed by atoms with Gasteiger partial charge in [-0.15, -0.1) is 0 Å². The largest absolute Gasteiger partial charge is 0.495 e. The van der Waals surface area contributed by atoms with Crippen LogP contribution in [0.4, 0.5) is 17.6 Å². The highest BCUT2D eigenvalue weighted by Crippen LogP contribution is 2.37. The highest BCUT2D eigenvalue weighted by Gasteiger charge is 2.30. The average Bonchev–Trinajstić information content (AvgIpc) is 2.84. The first-order valence-corrected chi connectivity index (χ1v) is 11.4. The number of ether oxygens (including phenoxy) is 1. The summed E-state index contributed by atoms with van der Waals surface area (Å²) in [6, 6.07) is 17.6. The van der Waals surface area contributed by atoms with E-state index < -0.39 is 3.79 Å². The highest BCUT2D eigenvalue weighted by atomic mass is 35.6. The smallest absolute Gasteiger partial charge is 0.250 e. The number of anilines is 3. The third kappa shape index (κ3) is 5.96. The van der Waals surface area contributed by atoms with Crippen molar-refractivity contribution in [1.82, 2.24) is 15.0 Å². The van der Waals surface area contributed by atoms with Gasteiger partial charge in [0.2, 0.25) is 15.7 Å². The number of para-hydroxylation sites is 2. The molecule has 2 heterocycles. The first-order chi connectivity index (χ1) is 15.9. The molecule has 1 aliphatic heterocycles. The van der Waals surface area contributed by atoms with Crippen molar-refractivity contribution in [3.63, 3.8) is 0 Å². The Bertz CT molecular complexity index is 1100. The Kier molecular flexibility index (Phi) is 7.37. The average molecular weight is 507 g/mol. The normalized spacial score (nSPS) is 14.5. The van der Waals surface area contributed by atoms with Crippen LogP contribution in [0.5, 0.6) is 5.75 Å². The molecule has 0 radical (unpaired) electrons. The molecule has 33 heavy (non-hydrogen) atoms. The molecule has 3 aromatic rings. The van der Waals surface area contributed by atoms with E-state index >= 15 is 0 Å². The van der Waals surface area contributed by atoms with Crippen molar-refractivity contribution >= 4 is 58.6 Å². The maximum absolute atomic E-state index is 6.08. The lowest BCUT2D eigenvalue weighted by atomic mass is 10.2. The Hall–Kier alpha value is -2.81. The molecular formula is C22H22Cl3N7O. The quantitative estimate of drug-likeness (QED) is 0.300. The molecule has 4 rings (SSSR count). The zero-order chi connectivity index (χ0) is 23.3. The summed E-state index contributed by atoms with van der Waals surface area (Å²) in [5.74, 6) is 1.48. The van der Waals surface area contributed by atoms with Crippen LogP contribution in [0.2, 0.25) is 0 Å². The monoisotopic (exact) mass is 505 g/mol. The van der Waals surface area contributed by atoms with Crippen LogP contribution in [-0.4, -0.2) is 54.5 Å². The van der Waals surface area contributed by atoms with E-state index in [-0.39, 0.29) is 11.8 Å². The number of hydrazone groups is 1. The van der Waals surface area contributed by atoms with Crippen molar-refractivity contribution in [1.29, 1.82) is 0 Å². The number of methoxy groups -OCH3 is 1. The second-order valence-corrected chi connectivity index (χ2v) is 9.49. The predicted octanol–water partition coefficient (Wildman–Crippen LogP) is 4.48. The molecule has 0 spiro atoms. The number of nitrogens with zero attached hydrogens (tertiary/aromatic N) is 6. The van der Waals surface area contributed by atoms with Gasteiger partial charge in [0.1, 0.15) is 5.75 Å². The summed E-state index contributed by atoms with van der Waals surface area (Å²) in [5, 5.41) is 4.19. The number of hydrogen-bond donors (Lipinski definition) is 1. The van der Waals surface area contributed by atoms with Crippen molar-refractivity contribution in [3.8, 4) is 5.75 Å². The van der Waals surface area contributed by atoms with E-state index in [0.29, 0.717) is 19.0 Å². The summed E-state index contributed by atoms with van der Waals surface area (Å²) in [6.45, 7) is 2.86. The Morgan fingerprint density at radius 2 is 1.58 bits per heavy atom. The highest BCUT2D eigenvalue weighted by molar-refractivity contribution is 6.66. The lowest BCUT2D eigenvalue weighted by Crippen LogP contribution is -2.47. The van der Waals surface area contributed by atoms with E-state index in [9.17, 15) is 0 Å². The fourth-order valence-corrected chi connectivity index (χ4v) is 3.68. The second-order valence-electron chi connectivity index (χ2n) is 7.21. The molecule has 1 saturated heterocycles. The zero-order valence-electron chi connectivity index (χ0n) is 17.8. The number of nitrogens with one attached hydrogen (secondary N) is 1. The van der Waals surface area contributed by atoms with Crippen LogP contribution in [0, 0.1) is 0 Å². The summed E-state index contributed by atoms with van der Waals surface area (Å²) < 4.78 is 3.70. The lowest BCUT2D eigenvalue weighted by Gasteiger charge is -2.36. The fraction of sp³-hybridized carbons (Fsp3) is 0.273. The lowest BCUT2D eigenvalue weighted by molar-refractivity contribution is 0.413. The Balaban J connectivity index is 1.51. The molecular weight excluding hydrogens is 485 g/mol. The Labute approximate surface area is 207 Å². The molecule has 0 atom stereocenters. The molecule has 172 valence electrons. The first-order valence-electron chi connectivity index (χ1n) is 10.2. The van der Waals surface area contributed by atoms with E-state index in [0.717, 1.165) is 30.1 Å². The summed E-state index contributed by atoms with van der Waals surface area (Å²) in [6.07, 6.45) is 1.66. The molecule has 1 N–H and O–H groups in total. The number of alkyl halides is 3. The van der Waals surface area contributed by atoms with Gasteiger partial charge >= 0.3 is 0 Å². The maximum atomic E-state index is 6.08. The first kappa shape index (κ1) is 23.4. The van der Waals surface area contributed by atoms with Gasteiger partial charge in [-0.1, -0.05) is 77.3 Å². The molecule has 1 aliphatic rings. The molecule has 0 unspecified atom stereocenters. The molecule has 0 aliphatic carbocycles. The number of halogens is 3. The number of piperazine rings is 1. The van der Waals surface area contributed by atoms with E-state index in [1.807, 2.05) is 59.5 Å². The second kappa shape index (κ2) is 10.4. The summed E-state index contributed by atoms with van der Waals surface area (Å²) in [4.78, 5) is 17.4. The molecule has 2 aromatic carbocycles. The fourth-order valence-electron chi connectivity index (χ4n) is 3.42. The molecule has 0 bridgehead atoms.